The summed E-state index contributed by atoms with van der Waals surface area (Å²) in [6.45, 7) is 0.538. The maximum Gasteiger partial charge on any atom is 0.257 e. The van der Waals surface area contributed by atoms with Crippen molar-refractivity contribution < 1.29 is 19.0 Å². The molecule has 0 spiro atoms. The van der Waals surface area contributed by atoms with Crippen LogP contribution in [0.4, 0.5) is 5.82 Å². The van der Waals surface area contributed by atoms with Gasteiger partial charge in [0.1, 0.15) is 0 Å². The highest BCUT2D eigenvalue weighted by atomic mass is 79.9. The summed E-state index contributed by atoms with van der Waals surface area (Å²) in [6.07, 6.45) is 1.79. The molecule has 0 saturated carbocycles. The predicted octanol–water partition coefficient (Wildman–Crippen LogP) is 4.63. The van der Waals surface area contributed by atoms with Crippen molar-refractivity contribution in [1.29, 1.82) is 0 Å². The number of nitrogens with one attached hydrogen (secondary N) is 1. The minimum atomic E-state index is -0.360. The summed E-state index contributed by atoms with van der Waals surface area (Å²) >= 11 is 9.35. The fourth-order valence-electron chi connectivity index (χ4n) is 2.73. The molecule has 29 heavy (non-hydrogen) atoms. The first kappa shape index (κ1) is 21.0. The fraction of sp³-hybridized carbons (Fsp3) is 0.200. The lowest BCUT2D eigenvalue weighted by Crippen LogP contribution is -2.14. The number of methoxy groups -OCH3 is 3. The molecular formula is C20H19BrClN3O4. The molecule has 0 atom stereocenters. The third kappa shape index (κ3) is 4.83. The molecular weight excluding hydrogens is 462 g/mol. The van der Waals surface area contributed by atoms with Gasteiger partial charge in [0.15, 0.2) is 17.3 Å². The third-order valence-corrected chi connectivity index (χ3v) is 4.97. The second kappa shape index (κ2) is 9.19. The lowest BCUT2D eigenvalue weighted by molar-refractivity contribution is 0.102. The van der Waals surface area contributed by atoms with Crippen molar-refractivity contribution in [2.75, 3.05) is 26.6 Å². The standard InChI is InChI=1S/C20H19BrClN3O4/c1-27-16-8-13(9-17(28-2)18(16)29-3)20(26)23-19-15(21)11-25(24-19)10-12-4-6-14(22)7-5-12/h4-9,11H,10H2,1-3H3,(H,23,24,26). The Morgan fingerprint density at radius 3 is 2.28 bits per heavy atom. The van der Waals surface area contributed by atoms with Crippen LogP contribution in [0.25, 0.3) is 0 Å². The maximum absolute atomic E-state index is 12.8. The first-order valence-electron chi connectivity index (χ1n) is 8.54. The minimum absolute atomic E-state index is 0.346. The van der Waals surface area contributed by atoms with E-state index in [0.717, 1.165) is 5.56 Å². The van der Waals surface area contributed by atoms with Crippen molar-refractivity contribution in [3.8, 4) is 17.2 Å². The number of hydrogen-bond acceptors (Lipinski definition) is 5. The highest BCUT2D eigenvalue weighted by Gasteiger charge is 2.18. The van der Waals surface area contributed by atoms with Gasteiger partial charge in [0.05, 0.1) is 32.3 Å². The van der Waals surface area contributed by atoms with Crippen molar-refractivity contribution >= 4 is 39.3 Å². The Kier molecular flexibility index (Phi) is 6.66. The molecule has 7 nitrogen and oxygen atoms in total. The van der Waals surface area contributed by atoms with Crippen LogP contribution in [-0.2, 0) is 6.54 Å². The van der Waals surface area contributed by atoms with Crippen molar-refractivity contribution in [2.45, 2.75) is 6.54 Å². The quantitative estimate of drug-likeness (QED) is 0.534. The molecule has 0 aliphatic carbocycles. The van der Waals surface area contributed by atoms with Crippen molar-refractivity contribution in [1.82, 2.24) is 9.78 Å². The lowest BCUT2D eigenvalue weighted by Gasteiger charge is -2.13. The monoisotopic (exact) mass is 479 g/mol. The van der Waals surface area contributed by atoms with E-state index in [4.69, 9.17) is 25.8 Å². The molecule has 1 N–H and O–H groups in total. The van der Waals surface area contributed by atoms with Gasteiger partial charge in [0.25, 0.3) is 5.91 Å². The number of ether oxygens (including phenoxy) is 3. The number of amides is 1. The molecule has 0 aliphatic rings. The van der Waals surface area contributed by atoms with Crippen LogP contribution in [0.15, 0.2) is 47.1 Å². The SMILES string of the molecule is COc1cc(C(=O)Nc2nn(Cc3ccc(Cl)cc3)cc2Br)cc(OC)c1OC. The number of rotatable bonds is 7. The van der Waals surface area contributed by atoms with E-state index in [1.54, 1.807) is 23.0 Å². The first-order valence-corrected chi connectivity index (χ1v) is 9.71. The second-order valence-corrected chi connectivity index (χ2v) is 7.31. The van der Waals surface area contributed by atoms with Crippen LogP contribution in [-0.4, -0.2) is 37.0 Å². The molecule has 3 rings (SSSR count). The van der Waals surface area contributed by atoms with Gasteiger partial charge in [0.2, 0.25) is 5.75 Å². The Hall–Kier alpha value is -2.71. The molecule has 152 valence electrons. The smallest absolute Gasteiger partial charge is 0.257 e. The molecule has 0 bridgehead atoms. The van der Waals surface area contributed by atoms with Gasteiger partial charge >= 0.3 is 0 Å². The molecule has 0 fully saturated rings. The van der Waals surface area contributed by atoms with Gasteiger partial charge in [-0.15, -0.1) is 0 Å². The maximum atomic E-state index is 12.8. The largest absolute Gasteiger partial charge is 0.493 e. The van der Waals surface area contributed by atoms with E-state index >= 15 is 0 Å². The van der Waals surface area contributed by atoms with Crippen LogP contribution >= 0.6 is 27.5 Å². The summed E-state index contributed by atoms with van der Waals surface area (Å²) in [4.78, 5) is 12.8. The van der Waals surface area contributed by atoms with Gasteiger partial charge in [-0.1, -0.05) is 23.7 Å². The molecule has 0 radical (unpaired) electrons. The Bertz CT molecular complexity index is 996. The number of hydrogen-bond donors (Lipinski definition) is 1. The number of carbonyl (C=O) groups is 1. The van der Waals surface area contributed by atoms with Crippen LogP contribution in [0.2, 0.25) is 5.02 Å². The normalized spacial score (nSPS) is 10.5. The molecule has 2 aromatic carbocycles. The van der Waals surface area contributed by atoms with Gasteiger partial charge in [0, 0.05) is 16.8 Å². The van der Waals surface area contributed by atoms with Crippen LogP contribution < -0.4 is 19.5 Å². The van der Waals surface area contributed by atoms with Gasteiger partial charge in [-0.2, -0.15) is 5.10 Å². The number of carbonyl (C=O) groups excluding carboxylic acids is 1. The summed E-state index contributed by atoms with van der Waals surface area (Å²) in [7, 11) is 4.49. The van der Waals surface area contributed by atoms with E-state index in [9.17, 15) is 4.79 Å². The van der Waals surface area contributed by atoms with E-state index in [1.807, 2.05) is 24.3 Å². The van der Waals surface area contributed by atoms with Gasteiger partial charge in [-0.05, 0) is 45.8 Å². The topological polar surface area (TPSA) is 74.6 Å². The molecule has 0 aliphatic heterocycles. The molecule has 1 aromatic heterocycles. The van der Waals surface area contributed by atoms with Crippen LogP contribution in [0.1, 0.15) is 15.9 Å². The molecule has 1 heterocycles. The van der Waals surface area contributed by atoms with Crippen LogP contribution in [0.3, 0.4) is 0 Å². The van der Waals surface area contributed by atoms with Gasteiger partial charge in [-0.25, -0.2) is 0 Å². The zero-order chi connectivity index (χ0) is 21.0. The number of halogens is 2. The van der Waals surface area contributed by atoms with Gasteiger partial charge in [-0.3, -0.25) is 9.48 Å². The molecule has 1 amide bonds. The Morgan fingerprint density at radius 1 is 1.10 bits per heavy atom. The average Bonchev–Trinajstić information content (AvgIpc) is 3.06. The fourth-order valence-corrected chi connectivity index (χ4v) is 3.27. The average molecular weight is 481 g/mol. The highest BCUT2D eigenvalue weighted by molar-refractivity contribution is 9.10. The zero-order valence-electron chi connectivity index (χ0n) is 16.0. The molecule has 0 saturated heterocycles. The van der Waals surface area contributed by atoms with Crippen LogP contribution in [0, 0.1) is 0 Å². The summed E-state index contributed by atoms with van der Waals surface area (Å²) < 4.78 is 18.3. The van der Waals surface area contributed by atoms with E-state index in [1.165, 1.54) is 21.3 Å². The Morgan fingerprint density at radius 2 is 1.72 bits per heavy atom. The number of benzene rings is 2. The summed E-state index contributed by atoms with van der Waals surface area (Å²) in [5, 5.41) is 7.90. The van der Waals surface area contributed by atoms with E-state index in [0.29, 0.717) is 44.7 Å². The third-order valence-electron chi connectivity index (χ3n) is 4.13. The summed E-state index contributed by atoms with van der Waals surface area (Å²) in [5.41, 5.74) is 1.38. The molecule has 3 aromatic rings. The number of anilines is 1. The van der Waals surface area contributed by atoms with Gasteiger partial charge < -0.3 is 19.5 Å². The predicted molar refractivity (Wildman–Crippen MR) is 115 cm³/mol. The van der Waals surface area contributed by atoms with Crippen molar-refractivity contribution in [2.24, 2.45) is 0 Å². The second-order valence-electron chi connectivity index (χ2n) is 6.02. The van der Waals surface area contributed by atoms with E-state index in [-0.39, 0.29) is 5.91 Å². The molecule has 0 unspecified atom stereocenters. The van der Waals surface area contributed by atoms with Crippen LogP contribution in [0.5, 0.6) is 17.2 Å². The lowest BCUT2D eigenvalue weighted by atomic mass is 10.1. The van der Waals surface area contributed by atoms with E-state index < -0.39 is 0 Å². The molecule has 9 heteroatoms. The van der Waals surface area contributed by atoms with Crippen molar-refractivity contribution in [3.05, 3.63) is 63.2 Å². The summed E-state index contributed by atoms with van der Waals surface area (Å²) in [6, 6.07) is 10.6. The summed E-state index contributed by atoms with van der Waals surface area (Å²) in [5.74, 6) is 1.24. The Labute approximate surface area is 181 Å². The Balaban J connectivity index is 1.80. The number of nitrogens with zero attached hydrogens (tertiary/aromatic N) is 2. The zero-order valence-corrected chi connectivity index (χ0v) is 18.4. The first-order chi connectivity index (χ1) is 13.9. The highest BCUT2D eigenvalue weighted by Crippen LogP contribution is 2.38. The minimum Gasteiger partial charge on any atom is -0.493 e. The van der Waals surface area contributed by atoms with E-state index in [2.05, 4.69) is 26.3 Å². The number of aromatic nitrogens is 2. The van der Waals surface area contributed by atoms with Crippen molar-refractivity contribution in [3.63, 3.8) is 0 Å².